The standard InChI is InChI=1S/C21H25Cl2N5O3.C5H12O/c1-6-12(29-3)10-25-20-19-11(9-26-21(24-2)28-19)7-13(27-20)16-17(22)14(30-4)8-15(31-5)18(16)23;1-3-5-6-4-2/h7-9,12H,6,10H2,1-5H3,(H,25,27)(H,24,26,28);3-5H2,1-2H3. The second-order valence-corrected chi connectivity index (χ2v) is 8.62. The Hall–Kier alpha value is -2.59. The first-order valence-corrected chi connectivity index (χ1v) is 12.9. The summed E-state index contributed by atoms with van der Waals surface area (Å²) in [6.07, 6.45) is 3.73. The van der Waals surface area contributed by atoms with Crippen molar-refractivity contribution < 1.29 is 18.9 Å². The fourth-order valence-corrected chi connectivity index (χ4v) is 4.11. The quantitative estimate of drug-likeness (QED) is 0.249. The summed E-state index contributed by atoms with van der Waals surface area (Å²) in [7, 11) is 6.50. The van der Waals surface area contributed by atoms with E-state index in [0.717, 1.165) is 31.4 Å². The van der Waals surface area contributed by atoms with Gasteiger partial charge in [-0.2, -0.15) is 0 Å². The number of benzene rings is 1. The van der Waals surface area contributed by atoms with Crippen LogP contribution in [-0.2, 0) is 9.47 Å². The van der Waals surface area contributed by atoms with Gasteiger partial charge in [0.25, 0.3) is 0 Å². The Morgan fingerprint density at radius 3 is 2.14 bits per heavy atom. The number of nitrogens with zero attached hydrogens (tertiary/aromatic N) is 3. The van der Waals surface area contributed by atoms with Crippen LogP contribution in [0.5, 0.6) is 11.5 Å². The van der Waals surface area contributed by atoms with Crippen molar-refractivity contribution in [3.8, 4) is 22.8 Å². The molecular formula is C26H37Cl2N5O4. The van der Waals surface area contributed by atoms with Crippen molar-refractivity contribution in [2.24, 2.45) is 0 Å². The Kier molecular flexibility index (Phi) is 12.9. The molecule has 0 fully saturated rings. The van der Waals surface area contributed by atoms with E-state index in [1.807, 2.05) is 13.0 Å². The van der Waals surface area contributed by atoms with Crippen molar-refractivity contribution in [3.63, 3.8) is 0 Å². The normalized spacial score (nSPS) is 11.5. The maximum absolute atomic E-state index is 6.61. The number of aromatic nitrogens is 3. The highest BCUT2D eigenvalue weighted by molar-refractivity contribution is 6.41. The molecule has 0 aliphatic carbocycles. The lowest BCUT2D eigenvalue weighted by Crippen LogP contribution is -2.21. The molecule has 3 rings (SSSR count). The Bertz CT molecular complexity index is 1110. The number of nitrogens with one attached hydrogen (secondary N) is 2. The molecule has 0 radical (unpaired) electrons. The summed E-state index contributed by atoms with van der Waals surface area (Å²) >= 11 is 13.2. The summed E-state index contributed by atoms with van der Waals surface area (Å²) in [6, 6.07) is 3.47. The predicted octanol–water partition coefficient (Wildman–Crippen LogP) is 6.33. The van der Waals surface area contributed by atoms with Gasteiger partial charge in [-0.25, -0.2) is 15.0 Å². The van der Waals surface area contributed by atoms with E-state index in [2.05, 4.69) is 34.4 Å². The van der Waals surface area contributed by atoms with Crippen LogP contribution < -0.4 is 20.1 Å². The number of hydrogen-bond donors (Lipinski definition) is 2. The molecule has 0 saturated heterocycles. The highest BCUT2D eigenvalue weighted by Crippen LogP contribution is 2.46. The molecule has 9 nitrogen and oxygen atoms in total. The molecular weight excluding hydrogens is 517 g/mol. The minimum Gasteiger partial charge on any atom is -0.495 e. The minimum atomic E-state index is 0.0233. The van der Waals surface area contributed by atoms with Crippen LogP contribution in [0.4, 0.5) is 11.8 Å². The number of fused-ring (bicyclic) bond motifs is 1. The molecule has 0 saturated carbocycles. The summed E-state index contributed by atoms with van der Waals surface area (Å²) < 4.78 is 21.3. The number of halogens is 2. The first kappa shape index (κ1) is 30.6. The van der Waals surface area contributed by atoms with E-state index in [4.69, 9.17) is 47.1 Å². The molecule has 3 aromatic rings. The molecule has 1 atom stereocenters. The van der Waals surface area contributed by atoms with E-state index in [9.17, 15) is 0 Å². The van der Waals surface area contributed by atoms with Crippen LogP contribution >= 0.6 is 23.2 Å². The largest absolute Gasteiger partial charge is 0.495 e. The maximum Gasteiger partial charge on any atom is 0.223 e. The van der Waals surface area contributed by atoms with Crippen molar-refractivity contribution in [1.82, 2.24) is 15.0 Å². The second kappa shape index (κ2) is 15.6. The van der Waals surface area contributed by atoms with Crippen LogP contribution in [0.3, 0.4) is 0 Å². The maximum atomic E-state index is 6.61. The van der Waals surface area contributed by atoms with Crippen molar-refractivity contribution in [1.29, 1.82) is 0 Å². The first-order valence-electron chi connectivity index (χ1n) is 12.2. The van der Waals surface area contributed by atoms with Crippen molar-refractivity contribution in [2.75, 3.05) is 58.8 Å². The van der Waals surface area contributed by atoms with E-state index in [1.54, 1.807) is 26.4 Å². The zero-order valence-electron chi connectivity index (χ0n) is 22.6. The monoisotopic (exact) mass is 553 g/mol. The molecule has 204 valence electrons. The second-order valence-electron chi connectivity index (χ2n) is 7.87. The summed E-state index contributed by atoms with van der Waals surface area (Å²) in [4.78, 5) is 13.7. The van der Waals surface area contributed by atoms with E-state index < -0.39 is 0 Å². The zero-order chi connectivity index (χ0) is 27.4. The predicted molar refractivity (Wildman–Crippen MR) is 152 cm³/mol. The van der Waals surface area contributed by atoms with Crippen LogP contribution in [0.15, 0.2) is 18.3 Å². The van der Waals surface area contributed by atoms with Crippen molar-refractivity contribution in [3.05, 3.63) is 28.4 Å². The van der Waals surface area contributed by atoms with Crippen molar-refractivity contribution >= 4 is 45.9 Å². The smallest absolute Gasteiger partial charge is 0.223 e. The first-order chi connectivity index (χ1) is 17.9. The topological polar surface area (TPSA) is 99.7 Å². The molecule has 0 bridgehead atoms. The van der Waals surface area contributed by atoms with E-state index in [0.29, 0.717) is 56.6 Å². The Morgan fingerprint density at radius 2 is 1.65 bits per heavy atom. The third kappa shape index (κ3) is 7.95. The minimum absolute atomic E-state index is 0.0233. The van der Waals surface area contributed by atoms with Crippen LogP contribution in [0.25, 0.3) is 22.2 Å². The number of pyridine rings is 1. The van der Waals surface area contributed by atoms with Crippen LogP contribution in [0.2, 0.25) is 10.0 Å². The zero-order valence-corrected chi connectivity index (χ0v) is 24.1. The van der Waals surface area contributed by atoms with Gasteiger partial charge in [0.1, 0.15) is 17.0 Å². The number of methoxy groups -OCH3 is 3. The van der Waals surface area contributed by atoms with Gasteiger partial charge in [0.2, 0.25) is 5.95 Å². The van der Waals surface area contributed by atoms with Gasteiger partial charge in [-0.1, -0.05) is 37.0 Å². The molecule has 0 aliphatic rings. The van der Waals surface area contributed by atoms with E-state index in [-0.39, 0.29) is 6.10 Å². The Labute approximate surface area is 229 Å². The van der Waals surface area contributed by atoms with Crippen LogP contribution in [0.1, 0.15) is 33.6 Å². The highest BCUT2D eigenvalue weighted by Gasteiger charge is 2.22. The number of ether oxygens (including phenoxy) is 4. The van der Waals surface area contributed by atoms with Gasteiger partial charge < -0.3 is 29.6 Å². The number of hydrogen-bond acceptors (Lipinski definition) is 9. The van der Waals surface area contributed by atoms with Gasteiger partial charge in [-0.15, -0.1) is 0 Å². The lowest BCUT2D eigenvalue weighted by Gasteiger charge is -2.18. The van der Waals surface area contributed by atoms with Gasteiger partial charge in [-0.05, 0) is 25.8 Å². The lowest BCUT2D eigenvalue weighted by molar-refractivity contribution is 0.110. The van der Waals surface area contributed by atoms with Crippen LogP contribution in [0, 0.1) is 0 Å². The number of rotatable bonds is 12. The SMILES string of the molecule is CCC(CNc1nc(-c2c(Cl)c(OC)cc(OC)c2Cl)cc2cnc(NC)nc12)OC.CCCOCC. The Morgan fingerprint density at radius 1 is 0.973 bits per heavy atom. The van der Waals surface area contributed by atoms with Crippen LogP contribution in [-0.4, -0.2) is 69.2 Å². The fourth-order valence-electron chi connectivity index (χ4n) is 3.42. The third-order valence-corrected chi connectivity index (χ3v) is 6.21. The van der Waals surface area contributed by atoms with E-state index in [1.165, 1.54) is 14.2 Å². The van der Waals surface area contributed by atoms with Gasteiger partial charge in [0, 0.05) is 57.1 Å². The fraction of sp³-hybridized carbons (Fsp3) is 0.500. The summed E-state index contributed by atoms with van der Waals surface area (Å²) in [5.74, 6) is 1.92. The molecule has 37 heavy (non-hydrogen) atoms. The molecule has 0 spiro atoms. The van der Waals surface area contributed by atoms with Gasteiger partial charge in [-0.3, -0.25) is 0 Å². The summed E-state index contributed by atoms with van der Waals surface area (Å²) in [6.45, 7) is 8.50. The molecule has 2 aromatic heterocycles. The number of anilines is 2. The third-order valence-electron chi connectivity index (χ3n) is 5.46. The molecule has 0 aliphatic heterocycles. The molecule has 2 N–H and O–H groups in total. The summed E-state index contributed by atoms with van der Waals surface area (Å²) in [5, 5.41) is 7.73. The lowest BCUT2D eigenvalue weighted by atomic mass is 10.1. The molecule has 2 heterocycles. The van der Waals surface area contributed by atoms with E-state index >= 15 is 0 Å². The molecule has 11 heteroatoms. The van der Waals surface area contributed by atoms with Gasteiger partial charge in [0.05, 0.1) is 36.1 Å². The van der Waals surface area contributed by atoms with Gasteiger partial charge >= 0.3 is 0 Å². The van der Waals surface area contributed by atoms with Crippen molar-refractivity contribution in [2.45, 2.75) is 39.7 Å². The molecule has 1 unspecified atom stereocenters. The molecule has 0 amide bonds. The Balaban J connectivity index is 0.000000717. The summed E-state index contributed by atoms with van der Waals surface area (Å²) in [5.41, 5.74) is 1.70. The average Bonchev–Trinajstić information content (AvgIpc) is 2.92. The van der Waals surface area contributed by atoms with Gasteiger partial charge in [0.15, 0.2) is 5.82 Å². The highest BCUT2D eigenvalue weighted by atomic mass is 35.5. The average molecular weight is 555 g/mol. The molecule has 1 aromatic carbocycles.